The van der Waals surface area contributed by atoms with Gasteiger partial charge in [-0.25, -0.2) is 9.69 Å². The van der Waals surface area contributed by atoms with Crippen molar-refractivity contribution in [3.63, 3.8) is 0 Å². The predicted molar refractivity (Wildman–Crippen MR) is 114 cm³/mol. The van der Waals surface area contributed by atoms with Crippen molar-refractivity contribution in [2.45, 2.75) is 37.9 Å². The number of nitrogens with zero attached hydrogens (tertiary/aromatic N) is 2. The Morgan fingerprint density at radius 2 is 1.71 bits per heavy atom. The number of benzene rings is 2. The van der Waals surface area contributed by atoms with Crippen LogP contribution in [-0.2, 0) is 27.3 Å². The van der Waals surface area contributed by atoms with Crippen LogP contribution in [0.5, 0.6) is 0 Å². The predicted octanol–water partition coefficient (Wildman–Crippen LogP) is 1.59. The summed E-state index contributed by atoms with van der Waals surface area (Å²) in [6.45, 7) is 0.341. The lowest BCUT2D eigenvalue weighted by molar-refractivity contribution is -0.141. The van der Waals surface area contributed by atoms with Gasteiger partial charge in [0.15, 0.2) is 0 Å². The van der Waals surface area contributed by atoms with Crippen molar-refractivity contribution >= 4 is 29.4 Å². The van der Waals surface area contributed by atoms with Crippen molar-refractivity contribution in [3.05, 3.63) is 65.7 Å². The van der Waals surface area contributed by atoms with E-state index in [4.69, 9.17) is 0 Å². The summed E-state index contributed by atoms with van der Waals surface area (Å²) < 4.78 is 0. The summed E-state index contributed by atoms with van der Waals surface area (Å²) in [5.41, 5.74) is 2.56. The van der Waals surface area contributed by atoms with Crippen molar-refractivity contribution in [1.29, 1.82) is 0 Å². The average molecular weight is 420 g/mol. The van der Waals surface area contributed by atoms with Crippen LogP contribution in [0, 0.1) is 0 Å². The number of carbonyl (C=O) groups is 4. The molecule has 5 amide bonds. The van der Waals surface area contributed by atoms with Gasteiger partial charge in [0.2, 0.25) is 11.8 Å². The van der Waals surface area contributed by atoms with Crippen LogP contribution in [0.3, 0.4) is 0 Å². The molecule has 0 radical (unpaired) electrons. The quantitative estimate of drug-likeness (QED) is 0.718. The highest BCUT2D eigenvalue weighted by Crippen LogP contribution is 2.25. The minimum atomic E-state index is -0.771. The van der Waals surface area contributed by atoms with E-state index in [-0.39, 0.29) is 30.6 Å². The van der Waals surface area contributed by atoms with Crippen LogP contribution in [0.15, 0.2) is 54.6 Å². The van der Waals surface area contributed by atoms with Gasteiger partial charge in [-0.2, -0.15) is 0 Å². The molecule has 2 aliphatic heterocycles. The third-order valence-corrected chi connectivity index (χ3v) is 5.80. The number of anilines is 1. The fraction of sp³-hybridized carbons (Fsp3) is 0.304. The summed E-state index contributed by atoms with van der Waals surface area (Å²) in [5.74, 6) is -0.817. The van der Waals surface area contributed by atoms with Gasteiger partial charge in [-0.15, -0.1) is 0 Å². The molecule has 160 valence electrons. The normalized spacial score (nSPS) is 20.3. The Balaban J connectivity index is 1.45. The lowest BCUT2D eigenvalue weighted by Crippen LogP contribution is -2.52. The zero-order chi connectivity index (χ0) is 22.0. The van der Waals surface area contributed by atoms with Gasteiger partial charge < -0.3 is 15.5 Å². The molecule has 0 unspecified atom stereocenters. The maximum Gasteiger partial charge on any atom is 0.329 e. The number of nitrogens with one attached hydrogen (secondary N) is 2. The van der Waals surface area contributed by atoms with Gasteiger partial charge in [0, 0.05) is 26.4 Å². The van der Waals surface area contributed by atoms with Gasteiger partial charge in [0.05, 0.1) is 5.69 Å². The smallest absolute Gasteiger partial charge is 0.329 e. The maximum absolute atomic E-state index is 13.0. The topological polar surface area (TPSA) is 98.8 Å². The second kappa shape index (κ2) is 8.59. The molecule has 1 saturated heterocycles. The van der Waals surface area contributed by atoms with E-state index in [0.717, 1.165) is 16.0 Å². The van der Waals surface area contributed by atoms with Crippen molar-refractivity contribution in [2.24, 2.45) is 0 Å². The summed E-state index contributed by atoms with van der Waals surface area (Å²) >= 11 is 0. The number of carbonyl (C=O) groups excluding carboxylic acids is 4. The second-order valence-electron chi connectivity index (χ2n) is 7.67. The molecular weight excluding hydrogens is 396 g/mol. The zero-order valence-electron chi connectivity index (χ0n) is 17.2. The molecule has 8 nitrogen and oxygen atoms in total. The van der Waals surface area contributed by atoms with Crippen molar-refractivity contribution in [2.75, 3.05) is 11.9 Å². The van der Waals surface area contributed by atoms with E-state index in [0.29, 0.717) is 18.7 Å². The average Bonchev–Trinajstić information content (AvgIpc) is 3.09. The fourth-order valence-electron chi connectivity index (χ4n) is 4.15. The van der Waals surface area contributed by atoms with Crippen LogP contribution in [0.25, 0.3) is 0 Å². The molecule has 0 aliphatic carbocycles. The molecule has 2 N–H and O–H groups in total. The van der Waals surface area contributed by atoms with Crippen LogP contribution in [-0.4, -0.2) is 47.8 Å². The number of imide groups is 1. The van der Waals surface area contributed by atoms with Crippen LogP contribution in [0.4, 0.5) is 10.5 Å². The molecule has 8 heteroatoms. The molecule has 0 saturated carbocycles. The Kier molecular flexibility index (Phi) is 5.70. The Hall–Kier alpha value is -3.68. The number of urea groups is 1. The minimum absolute atomic E-state index is 0.0506. The molecule has 31 heavy (non-hydrogen) atoms. The first kappa shape index (κ1) is 20.6. The molecule has 4 rings (SSSR count). The molecule has 0 aromatic heterocycles. The van der Waals surface area contributed by atoms with E-state index in [2.05, 4.69) is 10.6 Å². The Bertz CT molecular complexity index is 1020. The molecule has 2 aromatic rings. The summed E-state index contributed by atoms with van der Waals surface area (Å²) in [6.07, 6.45) is 0.669. The van der Waals surface area contributed by atoms with E-state index in [9.17, 15) is 19.2 Å². The Morgan fingerprint density at radius 3 is 2.42 bits per heavy atom. The van der Waals surface area contributed by atoms with Crippen molar-refractivity contribution < 1.29 is 19.2 Å². The van der Waals surface area contributed by atoms with E-state index < -0.39 is 18.1 Å². The highest BCUT2D eigenvalue weighted by Gasteiger charge is 2.40. The van der Waals surface area contributed by atoms with Gasteiger partial charge in [-0.05, 0) is 29.7 Å². The molecule has 0 bridgehead atoms. The molecular formula is C23H24N4O4. The summed E-state index contributed by atoms with van der Waals surface area (Å²) in [5, 5.41) is 5.29. The van der Waals surface area contributed by atoms with Crippen LogP contribution in [0.1, 0.15) is 24.0 Å². The first-order valence-corrected chi connectivity index (χ1v) is 10.3. The van der Waals surface area contributed by atoms with Gasteiger partial charge in [0.1, 0.15) is 12.1 Å². The number of hydrogen-bond donors (Lipinski definition) is 2. The number of likely N-dealkylation sites (N-methyl/N-ethyl adjacent to an activating group) is 1. The number of fused-ring (bicyclic) bond motifs is 1. The molecule has 2 aliphatic rings. The van der Waals surface area contributed by atoms with Gasteiger partial charge in [0.25, 0.3) is 5.91 Å². The maximum atomic E-state index is 13.0. The molecule has 0 spiro atoms. The zero-order valence-corrected chi connectivity index (χ0v) is 17.2. The Labute approximate surface area is 180 Å². The lowest BCUT2D eigenvalue weighted by atomic mass is 9.93. The highest BCUT2D eigenvalue weighted by molar-refractivity contribution is 6.21. The third kappa shape index (κ3) is 4.01. The summed E-state index contributed by atoms with van der Waals surface area (Å²) in [7, 11) is 1.55. The Morgan fingerprint density at radius 1 is 1.03 bits per heavy atom. The van der Waals surface area contributed by atoms with Gasteiger partial charge >= 0.3 is 6.03 Å². The number of rotatable bonds is 5. The van der Waals surface area contributed by atoms with E-state index in [1.54, 1.807) is 42.3 Å². The SMILES string of the molecule is CNC(=O)[C@H]1Cc2ccccc2CN1C(=O)CC[C@@H]1NC(=O)N(c2ccccc2)C1=O. The fourth-order valence-corrected chi connectivity index (χ4v) is 4.15. The summed E-state index contributed by atoms with van der Waals surface area (Å²) in [4.78, 5) is 53.2. The largest absolute Gasteiger partial charge is 0.357 e. The first-order chi connectivity index (χ1) is 15.0. The van der Waals surface area contributed by atoms with E-state index >= 15 is 0 Å². The highest BCUT2D eigenvalue weighted by atomic mass is 16.2. The molecule has 2 aromatic carbocycles. The number of hydrogen-bond acceptors (Lipinski definition) is 4. The van der Waals surface area contributed by atoms with Crippen molar-refractivity contribution in [3.8, 4) is 0 Å². The van der Waals surface area contributed by atoms with Crippen molar-refractivity contribution in [1.82, 2.24) is 15.5 Å². The molecule has 1 fully saturated rings. The van der Waals surface area contributed by atoms with E-state index in [1.165, 1.54) is 0 Å². The number of amides is 5. The van der Waals surface area contributed by atoms with Gasteiger partial charge in [-0.1, -0.05) is 42.5 Å². The second-order valence-corrected chi connectivity index (χ2v) is 7.67. The first-order valence-electron chi connectivity index (χ1n) is 10.3. The van der Waals surface area contributed by atoms with Crippen LogP contribution < -0.4 is 15.5 Å². The third-order valence-electron chi connectivity index (χ3n) is 5.80. The molecule has 2 heterocycles. The summed E-state index contributed by atoms with van der Waals surface area (Å²) in [6, 6.07) is 14.6. The monoisotopic (exact) mass is 420 g/mol. The molecule has 2 atom stereocenters. The van der Waals surface area contributed by atoms with Crippen LogP contribution >= 0.6 is 0 Å². The van der Waals surface area contributed by atoms with Gasteiger partial charge in [-0.3, -0.25) is 14.4 Å². The minimum Gasteiger partial charge on any atom is -0.357 e. The van der Waals surface area contributed by atoms with Crippen LogP contribution in [0.2, 0.25) is 0 Å². The number of para-hydroxylation sites is 1. The lowest BCUT2D eigenvalue weighted by Gasteiger charge is -2.36. The standard InChI is InChI=1S/C23H24N4O4/c1-24-21(29)19-13-15-7-5-6-8-16(15)14-26(19)20(28)12-11-18-22(30)27(23(31)25-18)17-9-3-2-4-10-17/h2-10,18-19H,11-14H2,1H3,(H,24,29)(H,25,31)/t18-,19+/m0/s1. The van der Waals surface area contributed by atoms with E-state index in [1.807, 2.05) is 24.3 Å².